The fourth-order valence-corrected chi connectivity index (χ4v) is 1.93. The molecule has 1 fully saturated rings. The molecule has 0 bridgehead atoms. The number of amides is 1. The summed E-state index contributed by atoms with van der Waals surface area (Å²) in [6.07, 6.45) is 4.11. The van der Waals surface area contributed by atoms with Gasteiger partial charge in [0.2, 0.25) is 11.8 Å². The molecule has 0 N–H and O–H groups in total. The van der Waals surface area contributed by atoms with Crippen LogP contribution < -0.4 is 4.74 Å². The molecule has 1 aromatic rings. The minimum absolute atomic E-state index is 0.0485. The molecule has 0 unspecified atom stereocenters. The van der Waals surface area contributed by atoms with E-state index in [4.69, 9.17) is 10.00 Å². The van der Waals surface area contributed by atoms with Crippen molar-refractivity contribution in [3.8, 4) is 11.9 Å². The summed E-state index contributed by atoms with van der Waals surface area (Å²) in [6, 6.07) is 5.42. The summed E-state index contributed by atoms with van der Waals surface area (Å²) in [6.45, 7) is 3.24. The highest BCUT2D eigenvalue weighted by Gasteiger charge is 2.32. The molecule has 0 atom stereocenters. The first-order valence-corrected chi connectivity index (χ1v) is 6.54. The predicted octanol–water partition coefficient (Wildman–Crippen LogP) is 1.73. The van der Waals surface area contributed by atoms with Gasteiger partial charge in [-0.15, -0.1) is 0 Å². The van der Waals surface area contributed by atoms with Crippen molar-refractivity contribution in [2.45, 2.75) is 32.3 Å². The molecule has 1 aliphatic rings. The van der Waals surface area contributed by atoms with E-state index in [0.717, 1.165) is 12.8 Å². The largest absolute Gasteiger partial charge is 0.470 e. The summed E-state index contributed by atoms with van der Waals surface area (Å²) in [5.74, 6) is 0.541. The van der Waals surface area contributed by atoms with Gasteiger partial charge in [0.25, 0.3) is 0 Å². The van der Waals surface area contributed by atoms with E-state index in [9.17, 15) is 4.79 Å². The number of nitriles is 1. The number of hydrogen-bond donors (Lipinski definition) is 0. The second-order valence-corrected chi connectivity index (χ2v) is 4.61. The number of likely N-dealkylation sites (tertiary alicyclic amines) is 1. The molecule has 0 aliphatic carbocycles. The summed E-state index contributed by atoms with van der Waals surface area (Å²) in [4.78, 5) is 17.5. The molecule has 100 valence electrons. The number of pyridine rings is 1. The Kier molecular flexibility index (Phi) is 4.35. The SMILES string of the molecule is CCCCC(=O)N1CC(Oc2ncccc2C#N)C1. The van der Waals surface area contributed by atoms with Gasteiger partial charge >= 0.3 is 0 Å². The lowest BCUT2D eigenvalue weighted by Gasteiger charge is -2.38. The van der Waals surface area contributed by atoms with E-state index < -0.39 is 0 Å². The van der Waals surface area contributed by atoms with E-state index in [-0.39, 0.29) is 12.0 Å². The zero-order valence-corrected chi connectivity index (χ0v) is 11.0. The van der Waals surface area contributed by atoms with Crippen LogP contribution in [0.25, 0.3) is 0 Å². The molecule has 0 aromatic carbocycles. The first-order chi connectivity index (χ1) is 9.24. The van der Waals surface area contributed by atoms with Crippen LogP contribution in [0.1, 0.15) is 31.7 Å². The van der Waals surface area contributed by atoms with Crippen molar-refractivity contribution in [2.75, 3.05) is 13.1 Å². The highest BCUT2D eigenvalue weighted by atomic mass is 16.5. The van der Waals surface area contributed by atoms with Crippen molar-refractivity contribution in [2.24, 2.45) is 0 Å². The third-order valence-electron chi connectivity index (χ3n) is 3.11. The highest BCUT2D eigenvalue weighted by Crippen LogP contribution is 2.20. The van der Waals surface area contributed by atoms with Crippen molar-refractivity contribution in [1.29, 1.82) is 5.26 Å². The first kappa shape index (κ1) is 13.3. The van der Waals surface area contributed by atoms with Crippen molar-refractivity contribution < 1.29 is 9.53 Å². The maximum absolute atomic E-state index is 11.7. The smallest absolute Gasteiger partial charge is 0.232 e. The van der Waals surface area contributed by atoms with Gasteiger partial charge < -0.3 is 9.64 Å². The van der Waals surface area contributed by atoms with Crippen LogP contribution in [0.4, 0.5) is 0 Å². The summed E-state index contributed by atoms with van der Waals surface area (Å²) in [5.41, 5.74) is 0.429. The van der Waals surface area contributed by atoms with E-state index in [1.165, 1.54) is 0 Å². The molecule has 1 amide bonds. The Balaban J connectivity index is 1.82. The highest BCUT2D eigenvalue weighted by molar-refractivity contribution is 5.77. The van der Waals surface area contributed by atoms with E-state index in [2.05, 4.69) is 11.9 Å². The Labute approximate surface area is 112 Å². The van der Waals surface area contributed by atoms with Gasteiger partial charge in [-0.25, -0.2) is 4.98 Å². The van der Waals surface area contributed by atoms with Gasteiger partial charge in [-0.2, -0.15) is 5.26 Å². The van der Waals surface area contributed by atoms with Gasteiger partial charge in [-0.05, 0) is 18.6 Å². The Morgan fingerprint density at radius 2 is 2.42 bits per heavy atom. The molecule has 2 heterocycles. The van der Waals surface area contributed by atoms with Crippen LogP contribution in [0.2, 0.25) is 0 Å². The van der Waals surface area contributed by atoms with Crippen molar-refractivity contribution in [1.82, 2.24) is 9.88 Å². The summed E-state index contributed by atoms with van der Waals surface area (Å²) >= 11 is 0. The standard InChI is InChI=1S/C14H17N3O2/c1-2-3-6-13(18)17-9-12(10-17)19-14-11(8-15)5-4-7-16-14/h4-5,7,12H,2-3,6,9-10H2,1H3. The monoisotopic (exact) mass is 259 g/mol. The van der Waals surface area contributed by atoms with Crippen LogP contribution in [0, 0.1) is 11.3 Å². The molecule has 1 aliphatic heterocycles. The Bertz CT molecular complexity index is 490. The average Bonchev–Trinajstić information content (AvgIpc) is 2.40. The molecule has 0 spiro atoms. The van der Waals surface area contributed by atoms with E-state index >= 15 is 0 Å². The lowest BCUT2D eigenvalue weighted by molar-refractivity contribution is -0.140. The number of unbranched alkanes of at least 4 members (excludes halogenated alkanes) is 1. The topological polar surface area (TPSA) is 66.2 Å². The van der Waals surface area contributed by atoms with Crippen molar-refractivity contribution >= 4 is 5.91 Å². The van der Waals surface area contributed by atoms with Gasteiger partial charge in [-0.3, -0.25) is 4.79 Å². The Morgan fingerprint density at radius 1 is 1.63 bits per heavy atom. The summed E-state index contributed by atoms with van der Waals surface area (Å²) in [7, 11) is 0. The quantitative estimate of drug-likeness (QED) is 0.807. The van der Waals surface area contributed by atoms with Crippen LogP contribution in [0.15, 0.2) is 18.3 Å². The van der Waals surface area contributed by atoms with E-state index in [1.54, 1.807) is 23.2 Å². The number of aromatic nitrogens is 1. The predicted molar refractivity (Wildman–Crippen MR) is 69.5 cm³/mol. The van der Waals surface area contributed by atoms with Crippen molar-refractivity contribution in [3.05, 3.63) is 23.9 Å². The third-order valence-corrected chi connectivity index (χ3v) is 3.11. The van der Waals surface area contributed by atoms with Gasteiger partial charge in [0.05, 0.1) is 13.1 Å². The van der Waals surface area contributed by atoms with Crippen LogP contribution in [-0.4, -0.2) is 35.0 Å². The number of rotatable bonds is 5. The summed E-state index contributed by atoms with van der Waals surface area (Å²) in [5, 5.41) is 8.92. The minimum atomic E-state index is -0.0485. The molecule has 5 heteroatoms. The maximum Gasteiger partial charge on any atom is 0.232 e. The van der Waals surface area contributed by atoms with Crippen LogP contribution in [0.5, 0.6) is 5.88 Å². The Morgan fingerprint density at radius 3 is 3.11 bits per heavy atom. The number of nitrogens with zero attached hydrogens (tertiary/aromatic N) is 3. The molecule has 0 radical (unpaired) electrons. The zero-order valence-electron chi connectivity index (χ0n) is 11.0. The molecule has 2 rings (SSSR count). The van der Waals surface area contributed by atoms with Crippen LogP contribution in [0.3, 0.4) is 0 Å². The molecule has 19 heavy (non-hydrogen) atoms. The number of carbonyl (C=O) groups excluding carboxylic acids is 1. The molecule has 5 nitrogen and oxygen atoms in total. The Hall–Kier alpha value is -2.09. The van der Waals surface area contributed by atoms with E-state index in [1.807, 2.05) is 6.07 Å². The molecule has 1 saturated heterocycles. The number of hydrogen-bond acceptors (Lipinski definition) is 4. The zero-order chi connectivity index (χ0) is 13.7. The van der Waals surface area contributed by atoms with Crippen molar-refractivity contribution in [3.63, 3.8) is 0 Å². The number of carbonyl (C=O) groups is 1. The van der Waals surface area contributed by atoms with Gasteiger partial charge in [-0.1, -0.05) is 13.3 Å². The maximum atomic E-state index is 11.7. The number of ether oxygens (including phenoxy) is 1. The van der Waals surface area contributed by atoms with E-state index in [0.29, 0.717) is 31.0 Å². The minimum Gasteiger partial charge on any atom is -0.470 e. The van der Waals surface area contributed by atoms with Gasteiger partial charge in [0.1, 0.15) is 17.7 Å². The normalized spacial score (nSPS) is 14.6. The molecular formula is C14H17N3O2. The van der Waals surface area contributed by atoms with Crippen LogP contribution >= 0.6 is 0 Å². The molecule has 1 aromatic heterocycles. The second kappa shape index (κ2) is 6.19. The lowest BCUT2D eigenvalue weighted by Crippen LogP contribution is -2.56. The second-order valence-electron chi connectivity index (χ2n) is 4.61. The average molecular weight is 259 g/mol. The molecule has 0 saturated carbocycles. The van der Waals surface area contributed by atoms with Crippen LogP contribution in [-0.2, 0) is 4.79 Å². The van der Waals surface area contributed by atoms with Gasteiger partial charge in [0.15, 0.2) is 0 Å². The molecular weight excluding hydrogens is 242 g/mol. The van der Waals surface area contributed by atoms with Gasteiger partial charge in [0, 0.05) is 12.6 Å². The fraction of sp³-hybridized carbons (Fsp3) is 0.500. The first-order valence-electron chi connectivity index (χ1n) is 6.54. The lowest BCUT2D eigenvalue weighted by atomic mass is 10.1. The summed E-state index contributed by atoms with van der Waals surface area (Å²) < 4.78 is 5.63. The fourth-order valence-electron chi connectivity index (χ4n) is 1.93. The third kappa shape index (κ3) is 3.22.